The molecule has 0 N–H and O–H groups in total. The maximum absolute atomic E-state index is 5.92. The predicted octanol–water partition coefficient (Wildman–Crippen LogP) is 2.81. The fraction of sp³-hybridized carbons (Fsp3) is 0.455. The summed E-state index contributed by atoms with van der Waals surface area (Å²) in [7, 11) is 0. The Labute approximate surface area is 93.1 Å². The molecule has 0 unspecified atom stereocenters. The number of aryl methyl sites for hydroxylation is 1. The number of nitrogens with zero attached hydrogens (tertiary/aromatic N) is 3. The quantitative estimate of drug-likeness (QED) is 0.731. The van der Waals surface area contributed by atoms with Crippen molar-refractivity contribution in [3.8, 4) is 0 Å². The Bertz CT molecular complexity index is 514. The molecule has 0 radical (unpaired) electrons. The molecule has 1 aliphatic rings. The number of fused-ring (bicyclic) bond motifs is 1. The number of alkyl halides is 1. The van der Waals surface area contributed by atoms with E-state index in [-0.39, 0.29) is 0 Å². The van der Waals surface area contributed by atoms with Gasteiger partial charge in [0.2, 0.25) is 0 Å². The molecule has 0 bridgehead atoms. The highest BCUT2D eigenvalue weighted by atomic mass is 35.5. The van der Waals surface area contributed by atoms with Crippen LogP contribution in [-0.4, -0.2) is 14.5 Å². The van der Waals surface area contributed by atoms with Crippen LogP contribution in [-0.2, 0) is 5.88 Å². The maximum atomic E-state index is 5.92. The van der Waals surface area contributed by atoms with Crippen LogP contribution in [0, 0.1) is 6.92 Å². The van der Waals surface area contributed by atoms with E-state index in [9.17, 15) is 0 Å². The summed E-state index contributed by atoms with van der Waals surface area (Å²) < 4.78 is 2.20. The van der Waals surface area contributed by atoms with E-state index in [4.69, 9.17) is 11.6 Å². The zero-order valence-electron chi connectivity index (χ0n) is 8.57. The first kappa shape index (κ1) is 9.16. The van der Waals surface area contributed by atoms with Crippen LogP contribution in [0.2, 0.25) is 0 Å². The van der Waals surface area contributed by atoms with Gasteiger partial charge in [-0.1, -0.05) is 0 Å². The fourth-order valence-corrected chi connectivity index (χ4v) is 2.15. The number of hydrogen-bond acceptors (Lipinski definition) is 2. The highest BCUT2D eigenvalue weighted by molar-refractivity contribution is 6.16. The van der Waals surface area contributed by atoms with E-state index in [0.29, 0.717) is 11.9 Å². The molecule has 78 valence electrons. The monoisotopic (exact) mass is 221 g/mol. The first-order chi connectivity index (χ1) is 7.31. The number of imidazole rings is 1. The van der Waals surface area contributed by atoms with Crippen molar-refractivity contribution in [2.75, 3.05) is 0 Å². The number of rotatable bonds is 2. The van der Waals surface area contributed by atoms with Gasteiger partial charge in [-0.25, -0.2) is 9.97 Å². The lowest BCUT2D eigenvalue weighted by Gasteiger charge is -2.03. The van der Waals surface area contributed by atoms with Crippen molar-refractivity contribution >= 4 is 22.8 Å². The number of pyridine rings is 1. The van der Waals surface area contributed by atoms with Crippen molar-refractivity contribution in [2.24, 2.45) is 0 Å². The van der Waals surface area contributed by atoms with E-state index < -0.39 is 0 Å². The summed E-state index contributed by atoms with van der Waals surface area (Å²) in [5.41, 5.74) is 3.17. The molecule has 2 aromatic rings. The molecule has 1 fully saturated rings. The van der Waals surface area contributed by atoms with Crippen molar-refractivity contribution in [2.45, 2.75) is 31.7 Å². The van der Waals surface area contributed by atoms with Crippen molar-refractivity contribution in [1.29, 1.82) is 0 Å². The molecule has 0 saturated heterocycles. The number of halogens is 1. The van der Waals surface area contributed by atoms with Gasteiger partial charge in [-0.05, 0) is 31.4 Å². The van der Waals surface area contributed by atoms with E-state index in [0.717, 1.165) is 17.0 Å². The molecule has 15 heavy (non-hydrogen) atoms. The van der Waals surface area contributed by atoms with Gasteiger partial charge in [0.15, 0.2) is 5.65 Å². The first-order valence-corrected chi connectivity index (χ1v) is 5.73. The van der Waals surface area contributed by atoms with Gasteiger partial charge in [-0.2, -0.15) is 0 Å². The van der Waals surface area contributed by atoms with Crippen LogP contribution >= 0.6 is 11.6 Å². The summed E-state index contributed by atoms with van der Waals surface area (Å²) in [4.78, 5) is 8.97. The van der Waals surface area contributed by atoms with E-state index in [1.165, 1.54) is 18.4 Å². The van der Waals surface area contributed by atoms with E-state index >= 15 is 0 Å². The van der Waals surface area contributed by atoms with Gasteiger partial charge < -0.3 is 4.57 Å². The second kappa shape index (κ2) is 3.20. The van der Waals surface area contributed by atoms with E-state index in [1.54, 1.807) is 0 Å². The third kappa shape index (κ3) is 1.34. The van der Waals surface area contributed by atoms with Gasteiger partial charge >= 0.3 is 0 Å². The molecule has 2 aromatic heterocycles. The van der Waals surface area contributed by atoms with Gasteiger partial charge in [0, 0.05) is 12.2 Å². The standard InChI is InChI=1S/C11H12ClN3/c1-7-4-5-13-11-10(7)14-9(6-12)15(11)8-2-3-8/h4-5,8H,2-3,6H2,1H3. The summed E-state index contributed by atoms with van der Waals surface area (Å²) in [6.07, 6.45) is 4.30. The van der Waals surface area contributed by atoms with Crippen molar-refractivity contribution < 1.29 is 0 Å². The van der Waals surface area contributed by atoms with Crippen molar-refractivity contribution in [1.82, 2.24) is 14.5 Å². The highest BCUT2D eigenvalue weighted by Crippen LogP contribution is 2.38. The number of aromatic nitrogens is 3. The normalized spacial score (nSPS) is 16.1. The second-order valence-electron chi connectivity index (χ2n) is 4.06. The smallest absolute Gasteiger partial charge is 0.160 e. The fourth-order valence-electron chi connectivity index (χ4n) is 1.97. The molecule has 3 rings (SSSR count). The van der Waals surface area contributed by atoms with Gasteiger partial charge in [0.05, 0.1) is 5.88 Å². The Kier molecular flexibility index (Phi) is 1.96. The van der Waals surface area contributed by atoms with Crippen LogP contribution in [0.15, 0.2) is 12.3 Å². The Balaban J connectivity index is 2.33. The molecule has 2 heterocycles. The lowest BCUT2D eigenvalue weighted by Crippen LogP contribution is -1.99. The molecule has 0 aliphatic heterocycles. The largest absolute Gasteiger partial charge is 0.309 e. The Hall–Kier alpha value is -1.09. The molecule has 0 atom stereocenters. The highest BCUT2D eigenvalue weighted by Gasteiger charge is 2.28. The van der Waals surface area contributed by atoms with Crippen LogP contribution in [0.25, 0.3) is 11.2 Å². The average Bonchev–Trinajstić information content (AvgIpc) is 3.00. The van der Waals surface area contributed by atoms with E-state index in [2.05, 4.69) is 21.5 Å². The lowest BCUT2D eigenvalue weighted by atomic mass is 10.3. The Morgan fingerprint density at radius 3 is 3.00 bits per heavy atom. The lowest BCUT2D eigenvalue weighted by molar-refractivity contribution is 0.721. The molecule has 1 aliphatic carbocycles. The minimum Gasteiger partial charge on any atom is -0.309 e. The molecule has 3 nitrogen and oxygen atoms in total. The summed E-state index contributed by atoms with van der Waals surface area (Å²) >= 11 is 5.92. The average molecular weight is 222 g/mol. The molecule has 0 amide bonds. The zero-order chi connectivity index (χ0) is 10.4. The van der Waals surface area contributed by atoms with Gasteiger partial charge in [-0.15, -0.1) is 11.6 Å². The second-order valence-corrected chi connectivity index (χ2v) is 4.33. The molecule has 0 aromatic carbocycles. The van der Waals surface area contributed by atoms with Crippen molar-refractivity contribution in [3.63, 3.8) is 0 Å². The maximum Gasteiger partial charge on any atom is 0.160 e. The summed E-state index contributed by atoms with van der Waals surface area (Å²) in [5, 5.41) is 0. The molecular weight excluding hydrogens is 210 g/mol. The van der Waals surface area contributed by atoms with E-state index in [1.807, 2.05) is 12.3 Å². The number of hydrogen-bond donors (Lipinski definition) is 0. The third-order valence-electron chi connectivity index (χ3n) is 2.89. The molecular formula is C11H12ClN3. The third-order valence-corrected chi connectivity index (χ3v) is 3.12. The SMILES string of the molecule is Cc1ccnc2c1nc(CCl)n2C1CC1. The summed E-state index contributed by atoms with van der Waals surface area (Å²) in [6.45, 7) is 2.06. The zero-order valence-corrected chi connectivity index (χ0v) is 9.33. The topological polar surface area (TPSA) is 30.7 Å². The molecule has 4 heteroatoms. The predicted molar refractivity (Wildman–Crippen MR) is 60.1 cm³/mol. The minimum absolute atomic E-state index is 0.465. The Morgan fingerprint density at radius 1 is 1.53 bits per heavy atom. The van der Waals surface area contributed by atoms with Gasteiger partial charge in [0.1, 0.15) is 11.3 Å². The summed E-state index contributed by atoms with van der Waals surface area (Å²) in [6, 6.07) is 2.57. The first-order valence-electron chi connectivity index (χ1n) is 5.19. The van der Waals surface area contributed by atoms with Crippen LogP contribution < -0.4 is 0 Å². The summed E-state index contributed by atoms with van der Waals surface area (Å²) in [5.74, 6) is 1.42. The van der Waals surface area contributed by atoms with Crippen LogP contribution in [0.3, 0.4) is 0 Å². The molecule has 0 spiro atoms. The van der Waals surface area contributed by atoms with Crippen molar-refractivity contribution in [3.05, 3.63) is 23.7 Å². The van der Waals surface area contributed by atoms with Crippen LogP contribution in [0.4, 0.5) is 0 Å². The molecule has 1 saturated carbocycles. The Morgan fingerprint density at radius 2 is 2.33 bits per heavy atom. The minimum atomic E-state index is 0.465. The van der Waals surface area contributed by atoms with Gasteiger partial charge in [-0.3, -0.25) is 0 Å². The van der Waals surface area contributed by atoms with Crippen LogP contribution in [0.1, 0.15) is 30.3 Å². The van der Waals surface area contributed by atoms with Crippen LogP contribution in [0.5, 0.6) is 0 Å². The van der Waals surface area contributed by atoms with Gasteiger partial charge in [0.25, 0.3) is 0 Å².